The minimum absolute atomic E-state index is 0.540. The highest BCUT2D eigenvalue weighted by Gasteiger charge is 2.33. The Morgan fingerprint density at radius 2 is 1.43 bits per heavy atom. The van der Waals surface area contributed by atoms with Crippen LogP contribution in [-0.2, 0) is 11.7 Å². The van der Waals surface area contributed by atoms with E-state index in [0.29, 0.717) is 11.1 Å². The number of rotatable bonds is 2. The summed E-state index contributed by atoms with van der Waals surface area (Å²) >= 11 is 0. The zero-order valence-electron chi connectivity index (χ0n) is 12.3. The van der Waals surface area contributed by atoms with Gasteiger partial charge in [-0.15, -0.1) is 0 Å². The van der Waals surface area contributed by atoms with Gasteiger partial charge in [0.25, 0.3) is 0 Å². The van der Waals surface area contributed by atoms with Gasteiger partial charge in [0.15, 0.2) is 0 Å². The van der Waals surface area contributed by atoms with Crippen LogP contribution in [0.4, 0.5) is 13.2 Å². The summed E-state index contributed by atoms with van der Waals surface area (Å²) in [6.45, 7) is 5.43. The molecule has 4 heteroatoms. The van der Waals surface area contributed by atoms with E-state index in [1.54, 1.807) is 6.92 Å². The Labute approximate surface area is 122 Å². The molecule has 0 fully saturated rings. The molecule has 0 saturated carbocycles. The van der Waals surface area contributed by atoms with E-state index in [4.69, 9.17) is 5.73 Å². The summed E-state index contributed by atoms with van der Waals surface area (Å²) in [5.41, 5.74) is 8.12. The lowest BCUT2D eigenvalue weighted by atomic mass is 9.81. The van der Waals surface area contributed by atoms with E-state index in [1.807, 2.05) is 38.1 Å². The summed E-state index contributed by atoms with van der Waals surface area (Å²) in [5, 5.41) is 0. The Morgan fingerprint density at radius 1 is 0.857 bits per heavy atom. The zero-order chi connectivity index (χ0) is 15.8. The molecular formula is C17H18F3N. The first-order valence-corrected chi connectivity index (χ1v) is 6.67. The van der Waals surface area contributed by atoms with Gasteiger partial charge >= 0.3 is 6.18 Å². The molecule has 2 rings (SSSR count). The van der Waals surface area contributed by atoms with E-state index in [9.17, 15) is 13.2 Å². The molecule has 2 N–H and O–H groups in total. The van der Waals surface area contributed by atoms with Crippen LogP contribution in [0.1, 0.15) is 34.7 Å². The van der Waals surface area contributed by atoms with Gasteiger partial charge in [0.2, 0.25) is 0 Å². The number of nitrogens with two attached hydrogens (primary N) is 1. The molecule has 112 valence electrons. The molecule has 0 aliphatic carbocycles. The van der Waals surface area contributed by atoms with Gasteiger partial charge in [-0.25, -0.2) is 0 Å². The molecule has 0 amide bonds. The van der Waals surface area contributed by atoms with Crippen LogP contribution in [0.2, 0.25) is 0 Å². The minimum Gasteiger partial charge on any atom is -0.318 e. The van der Waals surface area contributed by atoms with Crippen LogP contribution >= 0.6 is 0 Å². The Balaban J connectivity index is 2.54. The number of hydrogen-bond donors (Lipinski definition) is 1. The van der Waals surface area contributed by atoms with Gasteiger partial charge in [0.05, 0.1) is 11.1 Å². The second-order valence-corrected chi connectivity index (χ2v) is 5.54. The topological polar surface area (TPSA) is 26.0 Å². The molecular weight excluding hydrogens is 275 g/mol. The summed E-state index contributed by atoms with van der Waals surface area (Å²) in [5.74, 6) is 0. The van der Waals surface area contributed by atoms with Crippen molar-refractivity contribution in [1.29, 1.82) is 0 Å². The summed E-state index contributed by atoms with van der Waals surface area (Å²) in [7, 11) is 0. The van der Waals surface area contributed by atoms with Gasteiger partial charge in [0.1, 0.15) is 0 Å². The van der Waals surface area contributed by atoms with Crippen LogP contribution in [0.25, 0.3) is 0 Å². The van der Waals surface area contributed by atoms with Crippen molar-refractivity contribution in [3.05, 3.63) is 70.3 Å². The number of benzene rings is 2. The summed E-state index contributed by atoms with van der Waals surface area (Å²) in [4.78, 5) is 0. The van der Waals surface area contributed by atoms with Crippen LogP contribution in [0, 0.1) is 13.8 Å². The third-order valence-electron chi connectivity index (χ3n) is 3.82. The molecule has 2 aromatic carbocycles. The summed E-state index contributed by atoms with van der Waals surface area (Å²) < 4.78 is 38.3. The fourth-order valence-corrected chi connectivity index (χ4v) is 2.72. The molecule has 1 nitrogen and oxygen atoms in total. The highest BCUT2D eigenvalue weighted by molar-refractivity contribution is 5.46. The summed E-state index contributed by atoms with van der Waals surface area (Å²) in [6.07, 6.45) is -4.34. The first-order chi connectivity index (χ1) is 9.64. The lowest BCUT2D eigenvalue weighted by molar-refractivity contribution is -0.137. The van der Waals surface area contributed by atoms with E-state index in [-0.39, 0.29) is 0 Å². The van der Waals surface area contributed by atoms with Crippen molar-refractivity contribution >= 4 is 0 Å². The van der Waals surface area contributed by atoms with Gasteiger partial charge in [-0.05, 0) is 55.2 Å². The molecule has 0 aromatic heterocycles. The summed E-state index contributed by atoms with van der Waals surface area (Å²) in [6, 6.07) is 11.4. The molecule has 0 heterocycles. The maximum absolute atomic E-state index is 12.8. The monoisotopic (exact) mass is 293 g/mol. The fourth-order valence-electron chi connectivity index (χ4n) is 2.72. The fraction of sp³-hybridized carbons (Fsp3) is 0.294. The first kappa shape index (κ1) is 15.6. The van der Waals surface area contributed by atoms with E-state index in [1.165, 1.54) is 6.07 Å². The quantitative estimate of drug-likeness (QED) is 0.864. The second-order valence-electron chi connectivity index (χ2n) is 5.54. The maximum atomic E-state index is 12.8. The van der Waals surface area contributed by atoms with E-state index in [0.717, 1.165) is 23.3 Å². The molecule has 2 aromatic rings. The Hall–Kier alpha value is -1.81. The molecule has 0 radical (unpaired) electrons. The van der Waals surface area contributed by atoms with Crippen molar-refractivity contribution in [3.8, 4) is 0 Å². The second kappa shape index (κ2) is 5.19. The third-order valence-corrected chi connectivity index (χ3v) is 3.82. The van der Waals surface area contributed by atoms with Gasteiger partial charge in [-0.1, -0.05) is 30.3 Å². The molecule has 0 spiro atoms. The third kappa shape index (κ3) is 2.95. The molecule has 0 aliphatic heterocycles. The Bertz CT molecular complexity index is 657. The number of halogens is 3. The maximum Gasteiger partial charge on any atom is 0.416 e. The van der Waals surface area contributed by atoms with Crippen LogP contribution in [0.15, 0.2) is 42.5 Å². The largest absolute Gasteiger partial charge is 0.416 e. The van der Waals surface area contributed by atoms with Gasteiger partial charge in [0, 0.05) is 0 Å². The Kier molecular flexibility index (Phi) is 3.85. The molecule has 1 unspecified atom stereocenters. The average Bonchev–Trinajstić information content (AvgIpc) is 2.37. The number of hydrogen-bond acceptors (Lipinski definition) is 1. The number of alkyl halides is 3. The average molecular weight is 293 g/mol. The van der Waals surface area contributed by atoms with Crippen molar-refractivity contribution in [2.45, 2.75) is 32.5 Å². The van der Waals surface area contributed by atoms with E-state index >= 15 is 0 Å². The van der Waals surface area contributed by atoms with Crippen LogP contribution in [0.5, 0.6) is 0 Å². The molecule has 0 bridgehead atoms. The van der Waals surface area contributed by atoms with Gasteiger partial charge in [-0.3, -0.25) is 0 Å². The van der Waals surface area contributed by atoms with Crippen LogP contribution < -0.4 is 5.73 Å². The van der Waals surface area contributed by atoms with Crippen molar-refractivity contribution < 1.29 is 13.2 Å². The number of aryl methyl sites for hydroxylation is 2. The van der Waals surface area contributed by atoms with Crippen molar-refractivity contribution in [2.75, 3.05) is 0 Å². The van der Waals surface area contributed by atoms with Gasteiger partial charge in [-0.2, -0.15) is 13.2 Å². The van der Waals surface area contributed by atoms with Crippen molar-refractivity contribution in [3.63, 3.8) is 0 Å². The van der Waals surface area contributed by atoms with Gasteiger partial charge < -0.3 is 5.73 Å². The predicted octanol–water partition coefficient (Wildman–Crippen LogP) is 4.54. The zero-order valence-corrected chi connectivity index (χ0v) is 12.3. The van der Waals surface area contributed by atoms with E-state index < -0.39 is 17.3 Å². The predicted molar refractivity (Wildman–Crippen MR) is 78.0 cm³/mol. The van der Waals surface area contributed by atoms with E-state index in [2.05, 4.69) is 0 Å². The van der Waals surface area contributed by atoms with Crippen LogP contribution in [-0.4, -0.2) is 0 Å². The highest BCUT2D eigenvalue weighted by Crippen LogP contribution is 2.35. The van der Waals surface area contributed by atoms with Crippen molar-refractivity contribution in [2.24, 2.45) is 5.73 Å². The smallest absolute Gasteiger partial charge is 0.318 e. The standard InChI is InChI=1S/C17H18F3N/c1-11-6-4-5-7-14(11)16(3,21)15-9-8-13(10-12(15)2)17(18,19)20/h4-10H,21H2,1-3H3. The Morgan fingerprint density at radius 3 is 1.95 bits per heavy atom. The first-order valence-electron chi connectivity index (χ1n) is 6.67. The minimum atomic E-state index is -4.34. The molecule has 0 saturated heterocycles. The van der Waals surface area contributed by atoms with Crippen LogP contribution in [0.3, 0.4) is 0 Å². The normalized spacial score (nSPS) is 14.8. The molecule has 1 atom stereocenters. The van der Waals surface area contributed by atoms with Crippen molar-refractivity contribution in [1.82, 2.24) is 0 Å². The SMILES string of the molecule is Cc1ccccc1C(C)(N)c1ccc(C(F)(F)F)cc1C. The molecule has 21 heavy (non-hydrogen) atoms. The lowest BCUT2D eigenvalue weighted by Gasteiger charge is -2.29. The lowest BCUT2D eigenvalue weighted by Crippen LogP contribution is -2.36. The molecule has 0 aliphatic rings. The highest BCUT2D eigenvalue weighted by atomic mass is 19.4.